The highest BCUT2D eigenvalue weighted by Gasteiger charge is 2.19. The number of rotatable bonds is 8. The maximum atomic E-state index is 12.5. The average molecular weight is 473 g/mol. The lowest BCUT2D eigenvalue weighted by atomic mass is 10.1. The minimum absolute atomic E-state index is 0.141. The van der Waals surface area contributed by atoms with Crippen LogP contribution in [0.15, 0.2) is 29.6 Å². The minimum Gasteiger partial charge on any atom is -0.383 e. The summed E-state index contributed by atoms with van der Waals surface area (Å²) >= 11 is 14.5. The number of nitrogens with one attached hydrogen (secondary N) is 2. The van der Waals surface area contributed by atoms with E-state index < -0.39 is 10.8 Å². The van der Waals surface area contributed by atoms with Gasteiger partial charge < -0.3 is 10.1 Å². The van der Waals surface area contributed by atoms with Crippen LogP contribution in [0, 0.1) is 10.1 Å². The van der Waals surface area contributed by atoms with Crippen molar-refractivity contribution in [1.82, 2.24) is 4.98 Å². The number of nitrogens with zero attached hydrogens (tertiary/aromatic N) is 2. The summed E-state index contributed by atoms with van der Waals surface area (Å²) in [7, 11) is 1.54. The van der Waals surface area contributed by atoms with E-state index in [2.05, 4.69) is 15.6 Å². The van der Waals surface area contributed by atoms with Crippen molar-refractivity contribution in [3.05, 3.63) is 54.0 Å². The number of nitro benzene ring substituents is 1. The van der Waals surface area contributed by atoms with E-state index in [-0.39, 0.29) is 11.3 Å². The van der Waals surface area contributed by atoms with Crippen LogP contribution in [0.1, 0.15) is 10.4 Å². The molecule has 0 saturated heterocycles. The number of anilines is 2. The second kappa shape index (κ2) is 9.51. The Morgan fingerprint density at radius 2 is 2.14 bits per heavy atom. The van der Waals surface area contributed by atoms with Crippen LogP contribution < -0.4 is 10.6 Å². The van der Waals surface area contributed by atoms with Gasteiger partial charge in [-0.25, -0.2) is 4.98 Å². The van der Waals surface area contributed by atoms with Gasteiger partial charge in [0.25, 0.3) is 11.6 Å². The Kier molecular flexibility index (Phi) is 7.04. The second-order valence-corrected chi connectivity index (χ2v) is 8.78. The SMILES string of the molecule is COCCNc1ccc(C(=O)Nc2nc(-c3cc(Cl)sc3Cl)cs2)cc1[N+](=O)[O-]. The first-order valence-electron chi connectivity index (χ1n) is 8.12. The van der Waals surface area contributed by atoms with E-state index in [1.807, 2.05) is 0 Å². The monoisotopic (exact) mass is 472 g/mol. The number of amides is 1. The summed E-state index contributed by atoms with van der Waals surface area (Å²) in [6, 6.07) is 5.91. The number of ether oxygens (including phenoxy) is 1. The summed E-state index contributed by atoms with van der Waals surface area (Å²) < 4.78 is 5.96. The van der Waals surface area contributed by atoms with Crippen LogP contribution in [0.4, 0.5) is 16.5 Å². The second-order valence-electron chi connectivity index (χ2n) is 5.64. The van der Waals surface area contributed by atoms with Gasteiger partial charge in [0.1, 0.15) is 10.0 Å². The first kappa shape index (κ1) is 21.5. The quantitative estimate of drug-likeness (QED) is 0.258. The third-order valence-corrected chi connectivity index (χ3v) is 5.98. The number of halogens is 2. The van der Waals surface area contributed by atoms with Crippen molar-refractivity contribution in [2.45, 2.75) is 0 Å². The molecule has 0 unspecified atom stereocenters. The first-order valence-corrected chi connectivity index (χ1v) is 10.6. The molecule has 0 atom stereocenters. The summed E-state index contributed by atoms with van der Waals surface area (Å²) in [5.74, 6) is -0.508. The zero-order valence-corrected chi connectivity index (χ0v) is 18.0. The van der Waals surface area contributed by atoms with Crippen molar-refractivity contribution in [2.75, 3.05) is 30.9 Å². The molecule has 0 saturated carbocycles. The largest absolute Gasteiger partial charge is 0.383 e. The maximum absolute atomic E-state index is 12.5. The fourth-order valence-electron chi connectivity index (χ4n) is 2.40. The molecular formula is C17H14Cl2N4O4S2. The number of carbonyl (C=O) groups is 1. The molecule has 0 aliphatic carbocycles. The zero-order valence-electron chi connectivity index (χ0n) is 14.9. The number of hydrogen-bond acceptors (Lipinski definition) is 8. The molecule has 3 rings (SSSR count). The summed E-state index contributed by atoms with van der Waals surface area (Å²) in [6.45, 7) is 0.797. The van der Waals surface area contributed by atoms with Crippen molar-refractivity contribution < 1.29 is 14.5 Å². The molecule has 0 aliphatic heterocycles. The molecule has 2 N–H and O–H groups in total. The van der Waals surface area contributed by atoms with E-state index in [1.165, 1.54) is 48.0 Å². The van der Waals surface area contributed by atoms with Crippen LogP contribution >= 0.6 is 45.9 Å². The van der Waals surface area contributed by atoms with Crippen molar-refractivity contribution >= 4 is 68.3 Å². The summed E-state index contributed by atoms with van der Waals surface area (Å²) in [5.41, 5.74) is 1.52. The van der Waals surface area contributed by atoms with Crippen molar-refractivity contribution in [1.29, 1.82) is 0 Å². The van der Waals surface area contributed by atoms with Crippen molar-refractivity contribution in [3.63, 3.8) is 0 Å². The molecule has 1 aromatic carbocycles. The third kappa shape index (κ3) is 5.22. The number of nitro groups is 1. The molecule has 0 aliphatic rings. The fourth-order valence-corrected chi connectivity index (χ4v) is 4.59. The van der Waals surface area contributed by atoms with Crippen LogP contribution in [-0.4, -0.2) is 36.1 Å². The Balaban J connectivity index is 1.76. The van der Waals surface area contributed by atoms with Gasteiger partial charge in [-0.1, -0.05) is 23.2 Å². The number of hydrogen-bond donors (Lipinski definition) is 2. The molecule has 12 heteroatoms. The Bertz CT molecular complexity index is 1050. The molecule has 2 heterocycles. The van der Waals surface area contributed by atoms with E-state index in [9.17, 15) is 14.9 Å². The Morgan fingerprint density at radius 3 is 2.79 bits per heavy atom. The van der Waals surface area contributed by atoms with Crippen LogP contribution in [0.3, 0.4) is 0 Å². The van der Waals surface area contributed by atoms with Gasteiger partial charge in [-0.15, -0.1) is 22.7 Å². The standard InChI is InChI=1S/C17H14Cl2N4O4S2/c1-27-5-4-20-11-3-2-9(6-13(11)23(25)26)16(24)22-17-21-12(8-28-17)10-7-14(18)29-15(10)19/h2-3,6-8,20H,4-5H2,1H3,(H,21,22,24). The van der Waals surface area contributed by atoms with Gasteiger partial charge in [-0.05, 0) is 18.2 Å². The van der Waals surface area contributed by atoms with Crippen molar-refractivity contribution in [2.24, 2.45) is 0 Å². The molecule has 8 nitrogen and oxygen atoms in total. The van der Waals surface area contributed by atoms with Gasteiger partial charge in [-0.3, -0.25) is 20.2 Å². The molecule has 0 radical (unpaired) electrons. The Hall–Kier alpha value is -2.24. The Morgan fingerprint density at radius 1 is 1.34 bits per heavy atom. The molecule has 2 aromatic heterocycles. The summed E-state index contributed by atoms with van der Waals surface area (Å²) in [4.78, 5) is 27.7. The molecule has 29 heavy (non-hydrogen) atoms. The van der Waals surface area contributed by atoms with E-state index in [1.54, 1.807) is 11.4 Å². The normalized spacial score (nSPS) is 10.7. The van der Waals surface area contributed by atoms with E-state index >= 15 is 0 Å². The predicted octanol–water partition coefficient (Wildman–Crippen LogP) is 5.40. The average Bonchev–Trinajstić information content (AvgIpc) is 3.27. The lowest BCUT2D eigenvalue weighted by Crippen LogP contribution is -2.13. The smallest absolute Gasteiger partial charge is 0.293 e. The summed E-state index contributed by atoms with van der Waals surface area (Å²) in [5, 5.41) is 19.0. The lowest BCUT2D eigenvalue weighted by molar-refractivity contribution is -0.384. The number of benzene rings is 1. The lowest BCUT2D eigenvalue weighted by Gasteiger charge is -2.08. The fraction of sp³-hybridized carbons (Fsp3) is 0.176. The number of thiophene rings is 1. The molecule has 3 aromatic rings. The molecule has 1 amide bonds. The van der Waals surface area contributed by atoms with Crippen LogP contribution in [-0.2, 0) is 4.74 Å². The molecule has 0 bridgehead atoms. The molecule has 152 valence electrons. The molecule has 0 spiro atoms. The van der Waals surface area contributed by atoms with E-state index in [4.69, 9.17) is 27.9 Å². The van der Waals surface area contributed by atoms with E-state index in [0.717, 1.165) is 0 Å². The van der Waals surface area contributed by atoms with Crippen LogP contribution in [0.25, 0.3) is 11.3 Å². The van der Waals surface area contributed by atoms with Crippen LogP contribution in [0.5, 0.6) is 0 Å². The minimum atomic E-state index is -0.546. The Labute approximate surface area is 183 Å². The highest BCUT2D eigenvalue weighted by molar-refractivity contribution is 7.20. The van der Waals surface area contributed by atoms with Gasteiger partial charge in [0.05, 0.1) is 21.6 Å². The topological polar surface area (TPSA) is 106 Å². The maximum Gasteiger partial charge on any atom is 0.293 e. The van der Waals surface area contributed by atoms with Gasteiger partial charge in [-0.2, -0.15) is 0 Å². The highest BCUT2D eigenvalue weighted by Crippen LogP contribution is 2.39. The van der Waals surface area contributed by atoms with Gasteiger partial charge in [0.15, 0.2) is 5.13 Å². The third-order valence-electron chi connectivity index (χ3n) is 3.74. The highest BCUT2D eigenvalue weighted by atomic mass is 35.5. The van der Waals surface area contributed by atoms with Gasteiger partial charge >= 0.3 is 0 Å². The number of carbonyl (C=O) groups excluding carboxylic acids is 1. The predicted molar refractivity (Wildman–Crippen MR) is 117 cm³/mol. The van der Waals surface area contributed by atoms with Gasteiger partial charge in [0, 0.05) is 36.2 Å². The summed E-state index contributed by atoms with van der Waals surface area (Å²) in [6.07, 6.45) is 0. The van der Waals surface area contributed by atoms with Gasteiger partial charge in [0.2, 0.25) is 0 Å². The van der Waals surface area contributed by atoms with E-state index in [0.29, 0.717) is 43.9 Å². The first-order chi connectivity index (χ1) is 13.9. The number of aromatic nitrogens is 1. The number of methoxy groups -OCH3 is 1. The number of thiazole rings is 1. The van der Waals surface area contributed by atoms with Crippen molar-refractivity contribution in [3.8, 4) is 11.3 Å². The molecular weight excluding hydrogens is 459 g/mol. The zero-order chi connectivity index (χ0) is 21.0. The van der Waals surface area contributed by atoms with Crippen LogP contribution in [0.2, 0.25) is 8.67 Å². The molecule has 0 fully saturated rings.